The predicted octanol–water partition coefficient (Wildman–Crippen LogP) is -5.56. The van der Waals surface area contributed by atoms with Crippen LogP contribution < -0.4 is 0 Å². The summed E-state index contributed by atoms with van der Waals surface area (Å²) in [6.45, 7) is 8.00. The van der Waals surface area contributed by atoms with Crippen LogP contribution in [0.2, 0.25) is 0 Å². The van der Waals surface area contributed by atoms with E-state index in [4.69, 9.17) is 0 Å². The van der Waals surface area contributed by atoms with Crippen molar-refractivity contribution < 1.29 is 49.3 Å². The van der Waals surface area contributed by atoms with Crippen LogP contribution in [0.25, 0.3) is 0 Å². The van der Waals surface area contributed by atoms with Gasteiger partial charge in [0, 0.05) is 0 Å². The Morgan fingerprint density at radius 2 is 0.714 bits per heavy atom. The van der Waals surface area contributed by atoms with Crippen molar-refractivity contribution in [1.82, 2.24) is 0 Å². The average Bonchev–Trinajstić information content (AvgIpc) is 1.38. The molecule has 0 fully saturated rings. The molecule has 14 heavy (non-hydrogen) atoms. The van der Waals surface area contributed by atoms with Gasteiger partial charge in [-0.3, -0.25) is 0 Å². The molecule has 0 rings (SSSR count). The van der Waals surface area contributed by atoms with Gasteiger partial charge in [-0.05, 0) is 5.92 Å². The maximum absolute atomic E-state index is 3.69. The molecule has 0 aliphatic carbocycles. The standard InChI is InChI=1S/C5H11.9H2O/c1-4-5(2)3;;;;;;;;;/h5H,1,4H2,2-3H3;9*1H2. The predicted molar refractivity (Wildman–Crippen MR) is 57.3 cm³/mol. The summed E-state index contributed by atoms with van der Waals surface area (Å²) in [5.74, 6) is 0.773. The Morgan fingerprint density at radius 3 is 0.714 bits per heavy atom. The van der Waals surface area contributed by atoms with Gasteiger partial charge in [-0.15, -0.1) is 0 Å². The van der Waals surface area contributed by atoms with Crippen LogP contribution in [0.3, 0.4) is 0 Å². The van der Waals surface area contributed by atoms with Crippen LogP contribution in [0.1, 0.15) is 20.3 Å². The lowest BCUT2D eigenvalue weighted by molar-refractivity contribution is 0.661. The fourth-order valence-corrected chi connectivity index (χ4v) is 0. The molecular weight excluding hydrogens is 204 g/mol. The van der Waals surface area contributed by atoms with E-state index in [1.54, 1.807) is 0 Å². The summed E-state index contributed by atoms with van der Waals surface area (Å²) in [5, 5.41) is 0. The highest BCUT2D eigenvalue weighted by Crippen LogP contribution is 1.93. The maximum Gasteiger partial charge on any atom is -0.0471 e. The third-order valence-electron chi connectivity index (χ3n) is 0.577. The molecule has 18 N–H and O–H groups in total. The first kappa shape index (κ1) is 164. The molecule has 0 unspecified atom stereocenters. The van der Waals surface area contributed by atoms with Gasteiger partial charge >= 0.3 is 0 Å². The Labute approximate surface area is 83.5 Å². The molecule has 9 heteroatoms. The zero-order valence-electron chi connectivity index (χ0n) is 8.49. The summed E-state index contributed by atoms with van der Waals surface area (Å²) in [5.41, 5.74) is 0. The van der Waals surface area contributed by atoms with Crippen molar-refractivity contribution in [3.05, 3.63) is 6.92 Å². The van der Waals surface area contributed by atoms with Crippen molar-refractivity contribution in [1.29, 1.82) is 0 Å². The molecule has 0 amide bonds. The smallest absolute Gasteiger partial charge is 0.0471 e. The lowest BCUT2D eigenvalue weighted by atomic mass is 10.2. The van der Waals surface area contributed by atoms with Crippen molar-refractivity contribution in [2.24, 2.45) is 5.92 Å². The van der Waals surface area contributed by atoms with Gasteiger partial charge < -0.3 is 49.3 Å². The van der Waals surface area contributed by atoms with Gasteiger partial charge in [-0.2, -0.15) is 0 Å². The second kappa shape index (κ2) is 129. The Balaban J connectivity index is -0.00000000222. The first-order valence-corrected chi connectivity index (χ1v) is 2.06. The molecule has 0 saturated heterocycles. The van der Waals surface area contributed by atoms with Crippen LogP contribution in [0.5, 0.6) is 0 Å². The maximum atomic E-state index is 3.69. The largest absolute Gasteiger partial charge is 0.412 e. The lowest BCUT2D eigenvalue weighted by Gasteiger charge is -1.90. The second-order valence-corrected chi connectivity index (χ2v) is 1.68. The summed E-state index contributed by atoms with van der Waals surface area (Å²) < 4.78 is 0. The van der Waals surface area contributed by atoms with Crippen LogP contribution >= 0.6 is 0 Å². The first-order valence-electron chi connectivity index (χ1n) is 2.06. The van der Waals surface area contributed by atoms with E-state index >= 15 is 0 Å². The average molecular weight is 233 g/mol. The minimum absolute atomic E-state index is 0. The van der Waals surface area contributed by atoms with E-state index in [2.05, 4.69) is 20.8 Å². The molecule has 0 aliphatic rings. The zero-order valence-corrected chi connectivity index (χ0v) is 8.49. The van der Waals surface area contributed by atoms with E-state index in [9.17, 15) is 0 Å². The van der Waals surface area contributed by atoms with Gasteiger partial charge in [0.2, 0.25) is 0 Å². The number of hydrogen-bond donors (Lipinski definition) is 0. The van der Waals surface area contributed by atoms with E-state index in [0.29, 0.717) is 0 Å². The number of hydrogen-bond acceptors (Lipinski definition) is 0. The molecule has 103 valence electrons. The van der Waals surface area contributed by atoms with Crippen molar-refractivity contribution in [2.45, 2.75) is 20.3 Å². The molecule has 0 bridgehead atoms. The van der Waals surface area contributed by atoms with Gasteiger partial charge in [0.15, 0.2) is 0 Å². The van der Waals surface area contributed by atoms with Crippen LogP contribution in [0.4, 0.5) is 0 Å². The Bertz CT molecular complexity index is 27.2. The molecule has 1 radical (unpaired) electrons. The fraction of sp³-hybridized carbons (Fsp3) is 0.800. The minimum Gasteiger partial charge on any atom is -0.412 e. The van der Waals surface area contributed by atoms with E-state index < -0.39 is 0 Å². The summed E-state index contributed by atoms with van der Waals surface area (Å²) in [6, 6.07) is 0. The van der Waals surface area contributed by atoms with Gasteiger partial charge in [0.05, 0.1) is 0 Å². The van der Waals surface area contributed by atoms with E-state index in [1.165, 1.54) is 0 Å². The SMILES string of the molecule is O.O.O.O.O.O.O.O.O.[CH2]CC(C)C. The summed E-state index contributed by atoms with van der Waals surface area (Å²) in [4.78, 5) is 0. The molecule has 0 aromatic rings. The fourth-order valence-electron chi connectivity index (χ4n) is 0. The van der Waals surface area contributed by atoms with Crippen LogP contribution in [0, 0.1) is 12.8 Å². The molecule has 0 aromatic carbocycles. The molecular formula is C5H29O9. The summed E-state index contributed by atoms with van der Waals surface area (Å²) in [6.07, 6.45) is 1.06. The molecule has 0 atom stereocenters. The normalized spacial score (nSPS) is 3.43. The van der Waals surface area contributed by atoms with Gasteiger partial charge in [-0.1, -0.05) is 27.2 Å². The van der Waals surface area contributed by atoms with E-state index in [-0.39, 0.29) is 49.3 Å². The Kier molecular flexibility index (Phi) is 1520. The molecule has 0 heterocycles. The van der Waals surface area contributed by atoms with Crippen LogP contribution in [-0.2, 0) is 0 Å². The van der Waals surface area contributed by atoms with Crippen LogP contribution in [0.15, 0.2) is 0 Å². The molecule has 0 spiro atoms. The molecule has 0 saturated carbocycles. The van der Waals surface area contributed by atoms with Crippen molar-refractivity contribution in [3.8, 4) is 0 Å². The molecule has 0 aromatic heterocycles. The zero-order chi connectivity index (χ0) is 4.28. The Hall–Kier alpha value is -0.360. The van der Waals surface area contributed by atoms with Crippen molar-refractivity contribution in [3.63, 3.8) is 0 Å². The highest BCUT2D eigenvalue weighted by atomic mass is 16.0. The van der Waals surface area contributed by atoms with E-state index in [1.807, 2.05) is 0 Å². The van der Waals surface area contributed by atoms with Crippen LogP contribution in [-0.4, -0.2) is 49.3 Å². The third-order valence-corrected chi connectivity index (χ3v) is 0.577. The quantitative estimate of drug-likeness (QED) is 0.409. The minimum atomic E-state index is 0. The van der Waals surface area contributed by atoms with Gasteiger partial charge in [0.1, 0.15) is 0 Å². The van der Waals surface area contributed by atoms with Crippen molar-refractivity contribution >= 4 is 0 Å². The number of rotatable bonds is 1. The topological polar surface area (TPSA) is 284 Å². The highest BCUT2D eigenvalue weighted by Gasteiger charge is 1.80. The van der Waals surface area contributed by atoms with Crippen molar-refractivity contribution in [2.75, 3.05) is 0 Å². The van der Waals surface area contributed by atoms with Gasteiger partial charge in [-0.25, -0.2) is 0 Å². The summed E-state index contributed by atoms with van der Waals surface area (Å²) >= 11 is 0. The molecule has 0 aliphatic heterocycles. The highest BCUT2D eigenvalue weighted by molar-refractivity contribution is 4.42. The van der Waals surface area contributed by atoms with E-state index in [0.717, 1.165) is 12.3 Å². The lowest BCUT2D eigenvalue weighted by Crippen LogP contribution is -1.77. The monoisotopic (exact) mass is 233 g/mol. The third kappa shape index (κ3) is 490. The second-order valence-electron chi connectivity index (χ2n) is 1.68. The Morgan fingerprint density at radius 1 is 0.643 bits per heavy atom. The molecule has 9 nitrogen and oxygen atoms in total. The summed E-state index contributed by atoms with van der Waals surface area (Å²) in [7, 11) is 0. The van der Waals surface area contributed by atoms with Gasteiger partial charge in [0.25, 0.3) is 0 Å². The first-order chi connectivity index (χ1) is 2.27.